The zero-order chi connectivity index (χ0) is 17.2. The third-order valence-corrected chi connectivity index (χ3v) is 4.96. The van der Waals surface area contributed by atoms with E-state index in [0.717, 1.165) is 25.3 Å². The first kappa shape index (κ1) is 15.7. The SMILES string of the molecule is COc1cc(N(C2CC2)C2CCN(c3ccc(C#N)cc3)C2)ncn1. The Morgan fingerprint density at radius 1 is 1.16 bits per heavy atom. The van der Waals surface area contributed by atoms with E-state index in [9.17, 15) is 0 Å². The van der Waals surface area contributed by atoms with Crippen LogP contribution in [0.25, 0.3) is 0 Å². The van der Waals surface area contributed by atoms with Crippen LogP contribution in [-0.4, -0.2) is 42.3 Å². The average Bonchev–Trinajstić information content (AvgIpc) is 3.38. The van der Waals surface area contributed by atoms with E-state index in [1.807, 2.05) is 30.3 Å². The molecule has 6 nitrogen and oxygen atoms in total. The number of benzene rings is 1. The van der Waals surface area contributed by atoms with E-state index in [2.05, 4.69) is 25.8 Å². The second-order valence-corrected chi connectivity index (χ2v) is 6.60. The summed E-state index contributed by atoms with van der Waals surface area (Å²) in [5, 5.41) is 8.95. The predicted octanol–water partition coefficient (Wildman–Crippen LogP) is 2.60. The van der Waals surface area contributed by atoms with Gasteiger partial charge in [0.05, 0.1) is 18.7 Å². The molecule has 128 valence electrons. The number of hydrogen-bond acceptors (Lipinski definition) is 6. The molecule has 0 radical (unpaired) electrons. The molecule has 1 aliphatic heterocycles. The number of nitrogens with zero attached hydrogens (tertiary/aromatic N) is 5. The van der Waals surface area contributed by atoms with Crippen LogP contribution in [0.3, 0.4) is 0 Å². The fourth-order valence-corrected chi connectivity index (χ4v) is 3.56. The summed E-state index contributed by atoms with van der Waals surface area (Å²) < 4.78 is 5.27. The van der Waals surface area contributed by atoms with Gasteiger partial charge in [0.2, 0.25) is 5.88 Å². The summed E-state index contributed by atoms with van der Waals surface area (Å²) in [4.78, 5) is 13.5. The van der Waals surface area contributed by atoms with Crippen LogP contribution in [0.4, 0.5) is 11.5 Å². The Hall–Kier alpha value is -2.81. The van der Waals surface area contributed by atoms with E-state index in [1.165, 1.54) is 18.5 Å². The number of rotatable bonds is 5. The molecule has 1 atom stereocenters. The molecule has 2 aliphatic rings. The highest BCUT2D eigenvalue weighted by Crippen LogP contribution is 2.36. The van der Waals surface area contributed by atoms with Crippen molar-refractivity contribution in [2.24, 2.45) is 0 Å². The van der Waals surface area contributed by atoms with Crippen molar-refractivity contribution in [2.75, 3.05) is 30.0 Å². The van der Waals surface area contributed by atoms with E-state index in [4.69, 9.17) is 10.00 Å². The molecular weight excluding hydrogens is 314 g/mol. The number of anilines is 2. The van der Waals surface area contributed by atoms with Crippen LogP contribution in [0, 0.1) is 11.3 Å². The predicted molar refractivity (Wildman–Crippen MR) is 95.9 cm³/mol. The molecule has 0 bridgehead atoms. The van der Waals surface area contributed by atoms with Gasteiger partial charge in [-0.2, -0.15) is 5.26 Å². The maximum absolute atomic E-state index is 8.95. The van der Waals surface area contributed by atoms with Crippen molar-refractivity contribution in [1.82, 2.24) is 9.97 Å². The third-order valence-electron chi connectivity index (χ3n) is 4.96. The molecule has 0 N–H and O–H groups in total. The molecule has 1 saturated heterocycles. The number of aromatic nitrogens is 2. The van der Waals surface area contributed by atoms with E-state index in [0.29, 0.717) is 23.5 Å². The van der Waals surface area contributed by atoms with Crippen molar-refractivity contribution in [3.63, 3.8) is 0 Å². The fourth-order valence-electron chi connectivity index (χ4n) is 3.56. The van der Waals surface area contributed by atoms with Gasteiger partial charge in [-0.15, -0.1) is 0 Å². The molecule has 1 aliphatic carbocycles. The Balaban J connectivity index is 1.52. The summed E-state index contributed by atoms with van der Waals surface area (Å²) in [7, 11) is 1.63. The van der Waals surface area contributed by atoms with E-state index in [1.54, 1.807) is 13.4 Å². The smallest absolute Gasteiger partial charge is 0.218 e. The summed E-state index contributed by atoms with van der Waals surface area (Å²) in [6, 6.07) is 13.0. The largest absolute Gasteiger partial charge is 0.481 e. The van der Waals surface area contributed by atoms with Crippen LogP contribution in [0.2, 0.25) is 0 Å². The summed E-state index contributed by atoms with van der Waals surface area (Å²) >= 11 is 0. The summed E-state index contributed by atoms with van der Waals surface area (Å²) in [6.07, 6.45) is 5.12. The highest BCUT2D eigenvalue weighted by atomic mass is 16.5. The van der Waals surface area contributed by atoms with Crippen LogP contribution in [0.15, 0.2) is 36.7 Å². The Labute approximate surface area is 147 Å². The topological polar surface area (TPSA) is 65.3 Å². The summed E-state index contributed by atoms with van der Waals surface area (Å²) in [5.41, 5.74) is 1.88. The van der Waals surface area contributed by atoms with E-state index < -0.39 is 0 Å². The highest BCUT2D eigenvalue weighted by Gasteiger charge is 2.38. The molecule has 1 aromatic carbocycles. The quantitative estimate of drug-likeness (QED) is 0.837. The normalized spacial score (nSPS) is 19.5. The van der Waals surface area contributed by atoms with Crippen molar-refractivity contribution >= 4 is 11.5 Å². The first-order valence-corrected chi connectivity index (χ1v) is 8.68. The Morgan fingerprint density at radius 3 is 2.64 bits per heavy atom. The second kappa shape index (κ2) is 6.60. The average molecular weight is 335 g/mol. The van der Waals surface area contributed by atoms with Crippen molar-refractivity contribution in [3.05, 3.63) is 42.2 Å². The molecule has 6 heteroatoms. The number of nitriles is 1. The second-order valence-electron chi connectivity index (χ2n) is 6.60. The lowest BCUT2D eigenvalue weighted by atomic mass is 10.2. The first-order chi connectivity index (χ1) is 12.3. The molecule has 1 saturated carbocycles. The van der Waals surface area contributed by atoms with Gasteiger partial charge < -0.3 is 14.5 Å². The van der Waals surface area contributed by atoms with Gasteiger partial charge in [-0.3, -0.25) is 0 Å². The molecular formula is C19H21N5O. The van der Waals surface area contributed by atoms with Crippen LogP contribution < -0.4 is 14.5 Å². The van der Waals surface area contributed by atoms with E-state index in [-0.39, 0.29) is 0 Å². The molecule has 2 aromatic rings. The van der Waals surface area contributed by atoms with Crippen LogP contribution in [-0.2, 0) is 0 Å². The zero-order valence-corrected chi connectivity index (χ0v) is 14.3. The molecule has 4 rings (SSSR count). The number of hydrogen-bond donors (Lipinski definition) is 0. The van der Waals surface area contributed by atoms with Crippen molar-refractivity contribution in [1.29, 1.82) is 5.26 Å². The molecule has 2 fully saturated rings. The van der Waals surface area contributed by atoms with Gasteiger partial charge in [0.1, 0.15) is 12.1 Å². The maximum Gasteiger partial charge on any atom is 0.218 e. The molecule has 1 aromatic heterocycles. The van der Waals surface area contributed by atoms with Crippen LogP contribution in [0.5, 0.6) is 5.88 Å². The molecule has 25 heavy (non-hydrogen) atoms. The van der Waals surface area contributed by atoms with Crippen molar-refractivity contribution in [2.45, 2.75) is 31.3 Å². The molecule has 1 unspecified atom stereocenters. The van der Waals surface area contributed by atoms with Crippen LogP contribution >= 0.6 is 0 Å². The molecule has 0 amide bonds. The van der Waals surface area contributed by atoms with Crippen LogP contribution in [0.1, 0.15) is 24.8 Å². The first-order valence-electron chi connectivity index (χ1n) is 8.68. The number of ether oxygens (including phenoxy) is 1. The lowest BCUT2D eigenvalue weighted by molar-refractivity contribution is 0.396. The minimum atomic E-state index is 0.433. The lowest BCUT2D eigenvalue weighted by Gasteiger charge is -2.30. The van der Waals surface area contributed by atoms with Crippen molar-refractivity contribution < 1.29 is 4.74 Å². The Bertz CT molecular complexity index is 781. The van der Waals surface area contributed by atoms with E-state index >= 15 is 0 Å². The highest BCUT2D eigenvalue weighted by molar-refractivity contribution is 5.53. The number of methoxy groups -OCH3 is 1. The Kier molecular flexibility index (Phi) is 4.14. The van der Waals surface area contributed by atoms with Crippen molar-refractivity contribution in [3.8, 4) is 11.9 Å². The van der Waals surface area contributed by atoms with Gasteiger partial charge in [-0.1, -0.05) is 0 Å². The standard InChI is InChI=1S/C19H21N5O/c1-25-19-10-18(21-13-22-19)24(16-6-7-16)17-8-9-23(12-17)15-4-2-14(11-20)3-5-15/h2-5,10,13,16-17H,6-9,12H2,1H3. The minimum Gasteiger partial charge on any atom is -0.481 e. The zero-order valence-electron chi connectivity index (χ0n) is 14.3. The Morgan fingerprint density at radius 2 is 1.96 bits per heavy atom. The van der Waals surface area contributed by atoms with Gasteiger partial charge in [0.25, 0.3) is 0 Å². The van der Waals surface area contributed by atoms with Gasteiger partial charge in [0, 0.05) is 36.9 Å². The lowest BCUT2D eigenvalue weighted by Crippen LogP contribution is -2.40. The molecule has 0 spiro atoms. The van der Waals surface area contributed by atoms with Gasteiger partial charge in [0.15, 0.2) is 0 Å². The van der Waals surface area contributed by atoms with Gasteiger partial charge >= 0.3 is 0 Å². The fraction of sp³-hybridized carbons (Fsp3) is 0.421. The summed E-state index contributed by atoms with van der Waals surface area (Å²) in [5.74, 6) is 1.57. The third kappa shape index (κ3) is 3.22. The maximum atomic E-state index is 8.95. The van der Waals surface area contributed by atoms with Gasteiger partial charge in [-0.25, -0.2) is 9.97 Å². The molecule has 2 heterocycles. The monoisotopic (exact) mass is 335 g/mol. The minimum absolute atomic E-state index is 0.433. The summed E-state index contributed by atoms with van der Waals surface area (Å²) in [6.45, 7) is 1.98. The van der Waals surface area contributed by atoms with Gasteiger partial charge in [-0.05, 0) is 43.5 Å².